The van der Waals surface area contributed by atoms with Gasteiger partial charge in [0.25, 0.3) is 0 Å². The molecule has 0 saturated heterocycles. The molecule has 0 heterocycles. The maximum absolute atomic E-state index is 14.0. The number of unbranched alkanes of at least 4 members (excludes halogenated alkanes) is 7. The number of carbonyl (C=O) groups is 10. The van der Waals surface area contributed by atoms with E-state index in [9.17, 15) is 47.9 Å². The fourth-order valence-corrected chi connectivity index (χ4v) is 6.34. The first-order chi connectivity index (χ1) is 30.5. The van der Waals surface area contributed by atoms with Gasteiger partial charge in [0.1, 0.15) is 11.6 Å². The monoisotopic (exact) mass is 1120 g/mol. The normalized spacial score (nSPS) is 13.4. The molecule has 0 saturated carbocycles. The Morgan fingerprint density at radius 2 is 1.26 bits per heavy atom. The van der Waals surface area contributed by atoms with E-state index in [0.29, 0.717) is 19.3 Å². The molecule has 368 valence electrons. The Morgan fingerprint density at radius 3 is 1.86 bits per heavy atom. The molecule has 0 aromatic rings. The van der Waals surface area contributed by atoms with Crippen molar-refractivity contribution < 1.29 is 57.4 Å². The van der Waals surface area contributed by atoms with Gasteiger partial charge in [0.2, 0.25) is 11.8 Å². The fourth-order valence-electron chi connectivity index (χ4n) is 5.88. The molecule has 65 heavy (non-hydrogen) atoms. The Kier molecular flexibility index (Phi) is 31.7. The van der Waals surface area contributed by atoms with Crippen LogP contribution in [0.15, 0.2) is 0 Å². The van der Waals surface area contributed by atoms with Crippen molar-refractivity contribution in [1.29, 1.82) is 0 Å². The fraction of sp³-hybridized carbons (Fsp3) is 0.767. The average molecular weight is 1120 g/mol. The second kappa shape index (κ2) is 34.0. The van der Waals surface area contributed by atoms with Crippen molar-refractivity contribution in [2.45, 2.75) is 175 Å². The van der Waals surface area contributed by atoms with Gasteiger partial charge in [-0.1, -0.05) is 59.3 Å². The molecule has 9 amide bonds. The summed E-state index contributed by atoms with van der Waals surface area (Å²) in [6, 6.07) is -5.38. The summed E-state index contributed by atoms with van der Waals surface area (Å²) >= 11 is 0.0261. The van der Waals surface area contributed by atoms with Crippen molar-refractivity contribution in [3.8, 4) is 0 Å². The Balaban J connectivity index is 6.03. The van der Waals surface area contributed by atoms with E-state index in [1.54, 1.807) is 27.7 Å². The number of ether oxygens (including phenoxy) is 2. The number of amides is 9. The van der Waals surface area contributed by atoms with Gasteiger partial charge in [-0.05, 0) is 52.4 Å². The van der Waals surface area contributed by atoms with Crippen LogP contribution in [-0.4, -0.2) is 154 Å². The molecule has 5 atom stereocenters. The summed E-state index contributed by atoms with van der Waals surface area (Å²) in [5.74, 6) is -6.54. The van der Waals surface area contributed by atoms with E-state index in [4.69, 9.17) is 9.47 Å². The van der Waals surface area contributed by atoms with Crippen molar-refractivity contribution in [2.24, 2.45) is 5.92 Å². The van der Waals surface area contributed by atoms with Crippen molar-refractivity contribution in [3.05, 3.63) is 0 Å². The summed E-state index contributed by atoms with van der Waals surface area (Å²) < 4.78 is 13.7. The topological polar surface area (TPSA) is 297 Å². The first-order valence-corrected chi connectivity index (χ1v) is 24.9. The van der Waals surface area contributed by atoms with Gasteiger partial charge in [-0.3, -0.25) is 14.4 Å². The van der Waals surface area contributed by atoms with Crippen molar-refractivity contribution in [1.82, 2.24) is 45.7 Å². The van der Waals surface area contributed by atoms with Crippen LogP contribution in [-0.2, 0) is 52.6 Å². The van der Waals surface area contributed by atoms with Crippen LogP contribution in [0.25, 0.3) is 0 Å². The standard InChI is InChI=1S/C43H77N9O12.Tl/c1-10-11-12-13-14-15-16-20-34(55)46-23-21-35(56)50-30(19-17-18-22-47-42(62)64-43(6,7)8)39(59)52-36(29(5)63-26-27(2)3)41(61)49-28(4)37(57)51-31(24-33(44)54)38(58)48-25-32(53)40(60)45-9;/h27-31,36H,10-26H2,1-9H3,(H10,44,45,46,47,48,49,50,51,52,54,55,56,57,58,59,60,61,62);/q;+1/p-1/t28-,29?,30-,31-,36-;/m0./s1. The van der Waals surface area contributed by atoms with Gasteiger partial charge in [-0.25, -0.2) is 4.79 Å². The number of likely N-dealkylation sites (N-methyl/N-ethyl adjacent to an activating group) is 1. The third-order valence-corrected chi connectivity index (χ3v) is 10.8. The number of Topliss-reactive ketones (excluding diaryl/α,β-unsaturated/α-hetero) is 1. The Bertz CT molecular complexity index is 1560. The third kappa shape index (κ3) is 29.7. The van der Waals surface area contributed by atoms with Gasteiger partial charge in [-0.15, -0.1) is 0 Å². The SMILES string of the molecule is CCCCCCCCCC(=O)NCCC(=O)N[C@@H](CCCCNC(=O)OC(C)(C)C)C(=O)N[C@H](C(=O)N[C@@H](C)C(=O)N[C@@H](CC(=O)[NH][Tl])C(=O)NCC(=O)C(=O)NC)C(C)OCC(C)C. The van der Waals surface area contributed by atoms with Gasteiger partial charge in [0.05, 0.1) is 0 Å². The molecule has 0 fully saturated rings. The minimum atomic E-state index is -1.48. The van der Waals surface area contributed by atoms with Crippen LogP contribution in [0.2, 0.25) is 0 Å². The van der Waals surface area contributed by atoms with E-state index in [2.05, 4.69) is 52.6 Å². The predicted molar refractivity (Wildman–Crippen MR) is 243 cm³/mol. The second-order valence-corrected chi connectivity index (χ2v) is 18.3. The minimum absolute atomic E-state index is 0.0261. The number of hydrogen-bond donors (Lipinski definition) is 9. The van der Waals surface area contributed by atoms with Crippen LogP contribution in [0, 0.1) is 5.92 Å². The number of carbonyl (C=O) groups excluding carboxylic acids is 10. The maximum atomic E-state index is 14.0. The van der Waals surface area contributed by atoms with Gasteiger partial charge >= 0.3 is 195 Å². The summed E-state index contributed by atoms with van der Waals surface area (Å²) in [6.07, 6.45) is 6.43. The molecule has 0 aliphatic rings. The molecular weight excluding hydrogens is 1040 g/mol. The van der Waals surface area contributed by atoms with E-state index < -0.39 is 102 Å². The molecular formula is C43H76N9O12Tl. The Labute approximate surface area is 400 Å². The number of nitrogens with one attached hydrogen (secondary N) is 9. The molecule has 22 heteroatoms. The smallest absolute Gasteiger partial charge is 0.0606 e. The molecule has 0 aliphatic carbocycles. The van der Waals surface area contributed by atoms with Crippen LogP contribution in [0.4, 0.5) is 4.79 Å². The molecule has 1 unspecified atom stereocenters. The Hall–Kier alpha value is -4.42. The van der Waals surface area contributed by atoms with E-state index >= 15 is 0 Å². The summed E-state index contributed by atoms with van der Waals surface area (Å²) in [5, 5.41) is 20.0. The molecule has 9 N–H and O–H groups in total. The number of alkyl carbamates (subject to hydrolysis) is 1. The molecule has 0 aromatic carbocycles. The number of hydrogen-bond acceptors (Lipinski definition) is 12. The van der Waals surface area contributed by atoms with E-state index in [-0.39, 0.29) is 70.4 Å². The van der Waals surface area contributed by atoms with E-state index in [1.165, 1.54) is 26.8 Å². The third-order valence-electron chi connectivity index (χ3n) is 9.50. The van der Waals surface area contributed by atoms with Crippen LogP contribution in [0.5, 0.6) is 0 Å². The van der Waals surface area contributed by atoms with E-state index in [1.807, 2.05) is 13.8 Å². The van der Waals surface area contributed by atoms with E-state index in [0.717, 1.165) is 32.1 Å². The Morgan fingerprint density at radius 1 is 0.615 bits per heavy atom. The van der Waals surface area contributed by atoms with Crippen molar-refractivity contribution in [2.75, 3.05) is 33.3 Å². The number of ketones is 1. The number of rotatable bonds is 33. The zero-order chi connectivity index (χ0) is 49.5. The van der Waals surface area contributed by atoms with Crippen molar-refractivity contribution >= 4 is 85.2 Å². The van der Waals surface area contributed by atoms with Gasteiger partial charge < -0.3 is 20.7 Å². The van der Waals surface area contributed by atoms with Crippen LogP contribution >= 0.6 is 0 Å². The van der Waals surface area contributed by atoms with Crippen LogP contribution < -0.4 is 45.7 Å². The van der Waals surface area contributed by atoms with Gasteiger partial charge in [0, 0.05) is 32.5 Å². The summed E-state index contributed by atoms with van der Waals surface area (Å²) in [4.78, 5) is 128. The first-order valence-electron chi connectivity index (χ1n) is 22.6. The molecule has 0 radical (unpaired) electrons. The average Bonchev–Trinajstić information content (AvgIpc) is 3.23. The van der Waals surface area contributed by atoms with Crippen molar-refractivity contribution in [3.63, 3.8) is 0 Å². The molecule has 21 nitrogen and oxygen atoms in total. The molecule has 0 bridgehead atoms. The molecule has 0 spiro atoms. The van der Waals surface area contributed by atoms with Gasteiger partial charge in [-0.2, -0.15) is 0 Å². The van der Waals surface area contributed by atoms with Gasteiger partial charge in [0.15, 0.2) is 0 Å². The first kappa shape index (κ1) is 60.6. The molecule has 0 aromatic heterocycles. The predicted octanol–water partition coefficient (Wildman–Crippen LogP) is 0.370. The van der Waals surface area contributed by atoms with Crippen LogP contribution in [0.3, 0.4) is 0 Å². The second-order valence-electron chi connectivity index (χ2n) is 17.2. The zero-order valence-corrected chi connectivity index (χ0v) is 44.5. The summed E-state index contributed by atoms with van der Waals surface area (Å²) in [6.45, 7) is 13.8. The minimum Gasteiger partial charge on any atom is -0.0606 e. The molecule has 0 rings (SSSR count). The van der Waals surface area contributed by atoms with Crippen LogP contribution in [0.1, 0.15) is 139 Å². The quantitative estimate of drug-likeness (QED) is 0.0245. The molecule has 0 aliphatic heterocycles. The summed E-state index contributed by atoms with van der Waals surface area (Å²) in [5.41, 5.74) is -0.698. The zero-order valence-electron chi connectivity index (χ0n) is 40.0. The summed E-state index contributed by atoms with van der Waals surface area (Å²) in [7, 11) is 1.24.